The number of ether oxygens (including phenoxy) is 3. The monoisotopic (exact) mass is 442 g/mol. The van der Waals surface area contributed by atoms with Gasteiger partial charge < -0.3 is 14.2 Å². The molecule has 3 aliphatic carbocycles. The molecule has 0 unspecified atom stereocenters. The van der Waals surface area contributed by atoms with Crippen LogP contribution < -0.4 is 4.74 Å². The van der Waals surface area contributed by atoms with Gasteiger partial charge in [0.2, 0.25) is 0 Å². The maximum absolute atomic E-state index is 12.3. The van der Waals surface area contributed by atoms with E-state index in [0.29, 0.717) is 35.7 Å². The van der Waals surface area contributed by atoms with Crippen LogP contribution in [0.25, 0.3) is 0 Å². The molecule has 1 aromatic rings. The predicted octanol–water partition coefficient (Wildman–Crippen LogP) is 6.01. The van der Waals surface area contributed by atoms with Crippen LogP contribution in [0.3, 0.4) is 0 Å². The molecule has 178 valence electrons. The minimum atomic E-state index is -0.329. The lowest BCUT2D eigenvalue weighted by Crippen LogP contribution is -2.55. The van der Waals surface area contributed by atoms with Crippen LogP contribution in [0.5, 0.6) is 5.75 Å². The summed E-state index contributed by atoms with van der Waals surface area (Å²) >= 11 is 0. The highest BCUT2D eigenvalue weighted by Gasteiger charge is 2.61. The van der Waals surface area contributed by atoms with Crippen LogP contribution in [-0.2, 0) is 26.1 Å². The first-order chi connectivity index (χ1) is 15.1. The van der Waals surface area contributed by atoms with Crippen LogP contribution in [0, 0.1) is 29.6 Å². The van der Waals surface area contributed by atoms with Crippen molar-refractivity contribution in [1.82, 2.24) is 0 Å². The first-order valence-electron chi connectivity index (χ1n) is 12.5. The van der Waals surface area contributed by atoms with Crippen molar-refractivity contribution in [2.75, 3.05) is 26.9 Å². The van der Waals surface area contributed by atoms with Crippen molar-refractivity contribution in [1.29, 1.82) is 0 Å². The Morgan fingerprint density at radius 3 is 2.59 bits per heavy atom. The van der Waals surface area contributed by atoms with Gasteiger partial charge in [-0.25, -0.2) is 4.79 Å². The predicted molar refractivity (Wildman–Crippen MR) is 127 cm³/mol. The van der Waals surface area contributed by atoms with Crippen molar-refractivity contribution >= 4 is 5.97 Å². The molecule has 2 fully saturated rings. The molecule has 0 spiro atoms. The summed E-state index contributed by atoms with van der Waals surface area (Å²) in [4.78, 5) is 12.3. The number of fused-ring (bicyclic) bond motifs is 5. The molecule has 0 aliphatic heterocycles. The molecule has 2 saturated carbocycles. The average Bonchev–Trinajstić information content (AvgIpc) is 3.01. The lowest BCUT2D eigenvalue weighted by atomic mass is 9.43. The van der Waals surface area contributed by atoms with Gasteiger partial charge in [-0.05, 0) is 102 Å². The van der Waals surface area contributed by atoms with E-state index in [2.05, 4.69) is 46.8 Å². The topological polar surface area (TPSA) is 44.8 Å². The Morgan fingerprint density at radius 1 is 1.06 bits per heavy atom. The van der Waals surface area contributed by atoms with E-state index in [4.69, 9.17) is 14.2 Å². The summed E-state index contributed by atoms with van der Waals surface area (Å²) in [6, 6.07) is 4.20. The van der Waals surface area contributed by atoms with E-state index in [1.807, 2.05) is 0 Å². The van der Waals surface area contributed by atoms with Gasteiger partial charge >= 0.3 is 5.97 Å². The maximum Gasteiger partial charge on any atom is 0.337 e. The summed E-state index contributed by atoms with van der Waals surface area (Å²) < 4.78 is 16.1. The van der Waals surface area contributed by atoms with Crippen LogP contribution in [0.15, 0.2) is 12.1 Å². The van der Waals surface area contributed by atoms with Crippen molar-refractivity contribution in [2.24, 2.45) is 22.7 Å². The second-order valence-electron chi connectivity index (χ2n) is 11.8. The molecule has 4 nitrogen and oxygen atoms in total. The number of carbonyl (C=O) groups is 1. The number of hydrogen-bond acceptors (Lipinski definition) is 4. The number of esters is 1. The third kappa shape index (κ3) is 4.03. The number of aryl methyl sites for hydroxylation is 1. The Labute approximate surface area is 194 Å². The summed E-state index contributed by atoms with van der Waals surface area (Å²) in [5, 5.41) is 0. The fourth-order valence-corrected chi connectivity index (χ4v) is 8.11. The van der Waals surface area contributed by atoms with Gasteiger partial charge in [0.15, 0.2) is 0 Å². The molecule has 4 heteroatoms. The Morgan fingerprint density at radius 2 is 1.84 bits per heavy atom. The Kier molecular flexibility index (Phi) is 6.50. The maximum atomic E-state index is 12.3. The van der Waals surface area contributed by atoms with E-state index in [9.17, 15) is 4.79 Å². The zero-order valence-electron chi connectivity index (χ0n) is 21.0. The molecule has 0 aromatic heterocycles. The minimum absolute atomic E-state index is 0.0188. The van der Waals surface area contributed by atoms with Gasteiger partial charge in [0.05, 0.1) is 0 Å². The van der Waals surface area contributed by atoms with Crippen molar-refractivity contribution in [3.63, 3.8) is 0 Å². The van der Waals surface area contributed by atoms with Crippen molar-refractivity contribution < 1.29 is 19.0 Å². The Balaban J connectivity index is 1.52. The zero-order valence-corrected chi connectivity index (χ0v) is 21.0. The molecule has 1 aromatic carbocycles. The summed E-state index contributed by atoms with van der Waals surface area (Å²) in [6.45, 7) is 13.4. The van der Waals surface area contributed by atoms with Crippen molar-refractivity contribution in [2.45, 2.75) is 85.0 Å². The van der Waals surface area contributed by atoms with Gasteiger partial charge in [-0.3, -0.25) is 0 Å². The number of benzene rings is 1. The van der Waals surface area contributed by atoms with E-state index in [1.54, 1.807) is 7.11 Å². The quantitative estimate of drug-likeness (QED) is 0.295. The van der Waals surface area contributed by atoms with Gasteiger partial charge in [0, 0.05) is 20.3 Å². The summed E-state index contributed by atoms with van der Waals surface area (Å²) in [5.74, 6) is 1.80. The third-order valence-electron chi connectivity index (χ3n) is 9.27. The number of methoxy groups -OCH3 is 1. The summed E-state index contributed by atoms with van der Waals surface area (Å²) in [7, 11) is 1.66. The number of carbonyl (C=O) groups excluding carboxylic acids is 1. The van der Waals surface area contributed by atoms with Crippen molar-refractivity contribution in [3.8, 4) is 5.75 Å². The molecular formula is C28H42O4. The molecular weight excluding hydrogens is 400 g/mol. The smallest absolute Gasteiger partial charge is 0.337 e. The first-order valence-corrected chi connectivity index (χ1v) is 12.5. The lowest BCUT2D eigenvalue weighted by molar-refractivity contribution is -0.139. The molecule has 0 saturated heterocycles. The van der Waals surface area contributed by atoms with E-state index in [1.165, 1.54) is 48.8 Å². The van der Waals surface area contributed by atoms with Gasteiger partial charge in [0.25, 0.3) is 0 Å². The first kappa shape index (κ1) is 23.8. The van der Waals surface area contributed by atoms with Gasteiger partial charge in [-0.2, -0.15) is 0 Å². The highest BCUT2D eigenvalue weighted by atomic mass is 16.6. The van der Waals surface area contributed by atoms with Gasteiger partial charge in [-0.15, -0.1) is 0 Å². The highest BCUT2D eigenvalue weighted by molar-refractivity contribution is 5.74. The molecule has 4 atom stereocenters. The minimum Gasteiger partial charge on any atom is -0.425 e. The largest absolute Gasteiger partial charge is 0.425 e. The normalized spacial score (nSPS) is 32.7. The molecule has 0 radical (unpaired) electrons. The fourth-order valence-electron chi connectivity index (χ4n) is 8.11. The standard InChI is InChI=1S/C28H42O4/c1-19-15-21(32-24(29)18-31-14-8-13-30-6)16-20-17-23-27(4)11-7-10-26(2,3)22(27)9-12-28(23,5)25(19)20/h15-16,22-23H,7-14,17-18H2,1-6H3/t22-,23+,27-,28+/m0/s1. The number of hydrogen-bond donors (Lipinski definition) is 0. The van der Waals surface area contributed by atoms with Crippen molar-refractivity contribution in [3.05, 3.63) is 28.8 Å². The van der Waals surface area contributed by atoms with Crippen LogP contribution in [0.1, 0.15) is 82.9 Å². The van der Waals surface area contributed by atoms with Gasteiger partial charge in [0.1, 0.15) is 12.4 Å². The molecule has 0 heterocycles. The average molecular weight is 443 g/mol. The van der Waals surface area contributed by atoms with E-state index in [-0.39, 0.29) is 18.0 Å². The lowest BCUT2D eigenvalue weighted by Gasteiger charge is -2.61. The zero-order chi connectivity index (χ0) is 23.1. The molecule has 0 amide bonds. The number of rotatable bonds is 7. The van der Waals surface area contributed by atoms with Crippen LogP contribution >= 0.6 is 0 Å². The molecule has 0 bridgehead atoms. The Bertz CT molecular complexity index is 859. The second-order valence-corrected chi connectivity index (χ2v) is 11.8. The van der Waals surface area contributed by atoms with E-state index >= 15 is 0 Å². The SMILES string of the molecule is COCCCOCC(=O)Oc1cc(C)c2c(c1)C[C@@H]1[C@@]3(C)CCCC(C)(C)[C@@H]3CC[C@@]21C. The highest BCUT2D eigenvalue weighted by Crippen LogP contribution is 2.67. The van der Waals surface area contributed by atoms with Crippen LogP contribution in [0.2, 0.25) is 0 Å². The summed E-state index contributed by atoms with van der Waals surface area (Å²) in [6.07, 6.45) is 8.52. The fraction of sp³-hybridized carbons (Fsp3) is 0.750. The molecule has 3 aliphatic rings. The summed E-state index contributed by atoms with van der Waals surface area (Å²) in [5.41, 5.74) is 5.24. The van der Waals surface area contributed by atoms with Gasteiger partial charge in [-0.1, -0.05) is 34.1 Å². The van der Waals surface area contributed by atoms with E-state index in [0.717, 1.165) is 18.8 Å². The van der Waals surface area contributed by atoms with Crippen LogP contribution in [0.4, 0.5) is 0 Å². The molecule has 32 heavy (non-hydrogen) atoms. The van der Waals surface area contributed by atoms with E-state index < -0.39 is 0 Å². The molecule has 0 N–H and O–H groups in total. The van der Waals surface area contributed by atoms with Crippen LogP contribution in [-0.4, -0.2) is 32.9 Å². The second kappa shape index (κ2) is 8.76. The molecule has 4 rings (SSSR count). The third-order valence-corrected chi connectivity index (χ3v) is 9.27. The Hall–Kier alpha value is -1.39.